The van der Waals surface area contributed by atoms with Gasteiger partial charge >= 0.3 is 0 Å². The topological polar surface area (TPSA) is 87.9 Å². The van der Waals surface area contributed by atoms with Crippen molar-refractivity contribution >= 4 is 20.9 Å². The molecule has 0 unspecified atom stereocenters. The molecule has 0 aliphatic carbocycles. The standard InChI is InChI=1S/C23H28N4O4S/c1-25-19-9-17(31-2)6-7-18(19)21-22(25)20(12-28)27(32(3,29)30)15-23(21)13-26(14-23)11-16-5-4-8-24-10-16/h4-10,20,28H,11-15H2,1-3H3/t20-/m0/s1. The van der Waals surface area contributed by atoms with Crippen LogP contribution in [-0.2, 0) is 29.0 Å². The SMILES string of the molecule is COc1ccc2c3c(n(C)c2c1)[C@H](CO)N(S(C)(=O)=O)CC31CN(Cc2cccnc2)C1. The van der Waals surface area contributed by atoms with Crippen LogP contribution in [0.4, 0.5) is 0 Å². The van der Waals surface area contributed by atoms with Crippen LogP contribution in [0.15, 0.2) is 42.7 Å². The molecule has 1 atom stereocenters. The summed E-state index contributed by atoms with van der Waals surface area (Å²) < 4.78 is 34.4. The number of pyridine rings is 1. The normalized spacial score (nSPS) is 20.9. The van der Waals surface area contributed by atoms with E-state index in [0.717, 1.165) is 53.1 Å². The van der Waals surface area contributed by atoms with E-state index in [1.807, 2.05) is 36.0 Å². The molecule has 170 valence electrons. The number of likely N-dealkylation sites (tertiary alicyclic amines) is 1. The van der Waals surface area contributed by atoms with Gasteiger partial charge in [0.15, 0.2) is 0 Å². The molecular formula is C23H28N4O4S. The summed E-state index contributed by atoms with van der Waals surface area (Å²) in [7, 11) is 0.0602. The molecule has 0 amide bonds. The first-order chi connectivity index (χ1) is 15.3. The third-order valence-corrected chi connectivity index (χ3v) is 8.12. The summed E-state index contributed by atoms with van der Waals surface area (Å²) in [6.07, 6.45) is 4.86. The van der Waals surface area contributed by atoms with E-state index in [9.17, 15) is 13.5 Å². The second-order valence-corrected chi connectivity index (χ2v) is 10.9. The summed E-state index contributed by atoms with van der Waals surface area (Å²) in [6.45, 7) is 2.34. The van der Waals surface area contributed by atoms with Crippen molar-refractivity contribution in [2.75, 3.05) is 39.6 Å². The molecule has 3 aromatic rings. The van der Waals surface area contributed by atoms with E-state index in [0.29, 0.717) is 6.54 Å². The van der Waals surface area contributed by atoms with Crippen molar-refractivity contribution in [3.63, 3.8) is 0 Å². The lowest BCUT2D eigenvalue weighted by molar-refractivity contribution is 0.0192. The van der Waals surface area contributed by atoms with Crippen LogP contribution in [0.3, 0.4) is 0 Å². The highest BCUT2D eigenvalue weighted by Crippen LogP contribution is 2.50. The van der Waals surface area contributed by atoms with Crippen molar-refractivity contribution in [3.8, 4) is 5.75 Å². The first-order valence-electron chi connectivity index (χ1n) is 10.6. The van der Waals surface area contributed by atoms with Crippen LogP contribution >= 0.6 is 0 Å². The van der Waals surface area contributed by atoms with Crippen molar-refractivity contribution in [2.45, 2.75) is 18.0 Å². The van der Waals surface area contributed by atoms with Crippen LogP contribution in [-0.4, -0.2) is 71.9 Å². The minimum atomic E-state index is -3.51. The molecule has 1 saturated heterocycles. The maximum atomic E-state index is 12.8. The van der Waals surface area contributed by atoms with Crippen LogP contribution in [0.5, 0.6) is 5.75 Å². The van der Waals surface area contributed by atoms with E-state index in [2.05, 4.69) is 22.0 Å². The maximum absolute atomic E-state index is 12.8. The highest BCUT2D eigenvalue weighted by Gasteiger charge is 2.54. The molecule has 2 aliphatic rings. The zero-order valence-electron chi connectivity index (χ0n) is 18.5. The summed E-state index contributed by atoms with van der Waals surface area (Å²) >= 11 is 0. The number of aryl methyl sites for hydroxylation is 1. The molecule has 1 spiro atoms. The Balaban J connectivity index is 1.63. The van der Waals surface area contributed by atoms with E-state index in [1.54, 1.807) is 13.3 Å². The van der Waals surface area contributed by atoms with Crippen LogP contribution in [0.1, 0.15) is 22.9 Å². The average molecular weight is 457 g/mol. The van der Waals surface area contributed by atoms with Gasteiger partial charge < -0.3 is 14.4 Å². The molecule has 1 fully saturated rings. The van der Waals surface area contributed by atoms with Gasteiger partial charge in [-0.1, -0.05) is 6.07 Å². The fourth-order valence-corrected chi connectivity index (χ4v) is 6.70. The molecule has 4 heterocycles. The summed E-state index contributed by atoms with van der Waals surface area (Å²) in [5.74, 6) is 0.747. The third kappa shape index (κ3) is 3.23. The molecule has 2 aromatic heterocycles. The Labute approximate surface area is 188 Å². The number of aliphatic hydroxyl groups is 1. The number of hydrogen-bond donors (Lipinski definition) is 1. The second-order valence-electron chi connectivity index (χ2n) is 9.00. The number of benzene rings is 1. The number of sulfonamides is 1. The number of methoxy groups -OCH3 is 1. The second kappa shape index (κ2) is 7.55. The van der Waals surface area contributed by atoms with Crippen LogP contribution in [0, 0.1) is 0 Å². The number of nitrogens with zero attached hydrogens (tertiary/aromatic N) is 4. The number of aromatic nitrogens is 2. The Hall–Kier alpha value is -2.46. The Morgan fingerprint density at radius 2 is 2.03 bits per heavy atom. The Bertz CT molecular complexity index is 1270. The van der Waals surface area contributed by atoms with Gasteiger partial charge in [0.2, 0.25) is 10.0 Å². The van der Waals surface area contributed by atoms with Crippen molar-refractivity contribution in [3.05, 3.63) is 59.5 Å². The summed E-state index contributed by atoms with van der Waals surface area (Å²) in [4.78, 5) is 6.53. The van der Waals surface area contributed by atoms with Gasteiger partial charge in [-0.05, 0) is 29.3 Å². The fraction of sp³-hybridized carbons (Fsp3) is 0.435. The molecule has 0 bridgehead atoms. The molecular weight excluding hydrogens is 428 g/mol. The number of rotatable bonds is 5. The van der Waals surface area contributed by atoms with Gasteiger partial charge in [-0.25, -0.2) is 8.42 Å². The van der Waals surface area contributed by atoms with Gasteiger partial charge in [0.05, 0.1) is 31.5 Å². The van der Waals surface area contributed by atoms with Gasteiger partial charge in [-0.3, -0.25) is 9.88 Å². The minimum absolute atomic E-state index is 0.267. The van der Waals surface area contributed by atoms with Gasteiger partial charge in [-0.2, -0.15) is 4.31 Å². The molecule has 32 heavy (non-hydrogen) atoms. The lowest BCUT2D eigenvalue weighted by atomic mass is 9.69. The van der Waals surface area contributed by atoms with Gasteiger partial charge in [-0.15, -0.1) is 0 Å². The first-order valence-corrected chi connectivity index (χ1v) is 12.5. The summed E-state index contributed by atoms with van der Waals surface area (Å²) in [6, 6.07) is 9.36. The quantitative estimate of drug-likeness (QED) is 0.628. The molecule has 2 aliphatic heterocycles. The largest absolute Gasteiger partial charge is 0.497 e. The Morgan fingerprint density at radius 1 is 1.25 bits per heavy atom. The van der Waals surface area contributed by atoms with E-state index < -0.39 is 16.1 Å². The number of hydrogen-bond acceptors (Lipinski definition) is 6. The Morgan fingerprint density at radius 3 is 2.66 bits per heavy atom. The summed E-state index contributed by atoms with van der Waals surface area (Å²) in [5.41, 5.74) is 3.80. The van der Waals surface area contributed by atoms with E-state index >= 15 is 0 Å². The summed E-state index contributed by atoms with van der Waals surface area (Å²) in [5, 5.41) is 11.4. The highest BCUT2D eigenvalue weighted by atomic mass is 32.2. The molecule has 0 saturated carbocycles. The third-order valence-electron chi connectivity index (χ3n) is 6.89. The zero-order chi connectivity index (χ0) is 22.7. The van der Waals surface area contributed by atoms with Crippen molar-refractivity contribution in [1.29, 1.82) is 0 Å². The molecule has 0 radical (unpaired) electrons. The van der Waals surface area contributed by atoms with Gasteiger partial charge in [0, 0.05) is 68.2 Å². The van der Waals surface area contributed by atoms with E-state index in [4.69, 9.17) is 4.74 Å². The van der Waals surface area contributed by atoms with E-state index in [1.165, 1.54) is 10.6 Å². The highest BCUT2D eigenvalue weighted by molar-refractivity contribution is 7.88. The minimum Gasteiger partial charge on any atom is -0.497 e. The van der Waals surface area contributed by atoms with Gasteiger partial charge in [0.25, 0.3) is 0 Å². The molecule has 8 nitrogen and oxygen atoms in total. The van der Waals surface area contributed by atoms with E-state index in [-0.39, 0.29) is 12.0 Å². The number of aliphatic hydroxyl groups excluding tert-OH is 1. The van der Waals surface area contributed by atoms with Crippen molar-refractivity contribution in [2.24, 2.45) is 7.05 Å². The fourth-order valence-electron chi connectivity index (χ4n) is 5.59. The average Bonchev–Trinajstić information content (AvgIpc) is 3.05. The monoisotopic (exact) mass is 456 g/mol. The van der Waals surface area contributed by atoms with Gasteiger partial charge in [0.1, 0.15) is 5.75 Å². The lowest BCUT2D eigenvalue weighted by Crippen LogP contribution is -2.66. The lowest BCUT2D eigenvalue weighted by Gasteiger charge is -2.56. The first kappa shape index (κ1) is 21.4. The zero-order valence-corrected chi connectivity index (χ0v) is 19.3. The molecule has 9 heteroatoms. The molecule has 5 rings (SSSR count). The Kier molecular flexibility index (Phi) is 5.05. The number of fused-ring (bicyclic) bond motifs is 4. The van der Waals surface area contributed by atoms with Crippen molar-refractivity contribution in [1.82, 2.24) is 18.8 Å². The maximum Gasteiger partial charge on any atom is 0.211 e. The molecule has 1 aromatic carbocycles. The van der Waals surface area contributed by atoms with Crippen LogP contribution < -0.4 is 4.74 Å². The smallest absolute Gasteiger partial charge is 0.211 e. The van der Waals surface area contributed by atoms with Crippen molar-refractivity contribution < 1.29 is 18.3 Å². The molecule has 1 N–H and O–H groups in total. The predicted molar refractivity (Wildman–Crippen MR) is 122 cm³/mol. The number of ether oxygens (including phenoxy) is 1. The van der Waals surface area contributed by atoms with Crippen LogP contribution in [0.2, 0.25) is 0 Å². The predicted octanol–water partition coefficient (Wildman–Crippen LogP) is 1.64. The van der Waals surface area contributed by atoms with Crippen LogP contribution in [0.25, 0.3) is 10.9 Å².